The van der Waals surface area contributed by atoms with E-state index in [4.69, 9.17) is 4.74 Å². The fraction of sp³-hybridized carbons (Fsp3) is 0.385. The maximum absolute atomic E-state index is 12.2. The van der Waals surface area contributed by atoms with E-state index in [9.17, 15) is 4.79 Å². The highest BCUT2D eigenvalue weighted by atomic mass is 16.5. The molecule has 2 heterocycles. The molecule has 0 saturated carbocycles. The number of aromatic amines is 1. The predicted molar refractivity (Wildman–Crippen MR) is 75.4 cm³/mol. The lowest BCUT2D eigenvalue weighted by molar-refractivity contribution is -0.118. The molecule has 2 aromatic rings. The summed E-state index contributed by atoms with van der Waals surface area (Å²) in [5, 5.41) is 19.8. The molecule has 0 spiro atoms. The van der Waals surface area contributed by atoms with Crippen LogP contribution in [0, 0.1) is 0 Å². The largest absolute Gasteiger partial charge is 0.380 e. The van der Waals surface area contributed by atoms with Gasteiger partial charge < -0.3 is 15.4 Å². The first-order valence-electron chi connectivity index (χ1n) is 6.67. The summed E-state index contributed by atoms with van der Waals surface area (Å²) < 4.78 is 5.24. The van der Waals surface area contributed by atoms with Crippen LogP contribution in [0.5, 0.6) is 0 Å². The van der Waals surface area contributed by atoms with E-state index in [0.29, 0.717) is 24.5 Å². The molecule has 21 heavy (non-hydrogen) atoms. The van der Waals surface area contributed by atoms with Gasteiger partial charge in [-0.05, 0) is 23.8 Å². The third-order valence-corrected chi connectivity index (χ3v) is 3.47. The van der Waals surface area contributed by atoms with Crippen molar-refractivity contribution in [2.45, 2.75) is 18.6 Å². The van der Waals surface area contributed by atoms with E-state index >= 15 is 0 Å². The maximum Gasteiger partial charge on any atom is 0.241 e. The number of nitrogens with zero attached hydrogens (tertiary/aromatic N) is 3. The molecule has 1 fully saturated rings. The van der Waals surface area contributed by atoms with Gasteiger partial charge in [0.25, 0.3) is 0 Å². The molecule has 1 amide bonds. The number of benzene rings is 1. The van der Waals surface area contributed by atoms with Gasteiger partial charge in [-0.2, -0.15) is 5.21 Å². The fourth-order valence-electron chi connectivity index (χ4n) is 2.33. The Balaban J connectivity index is 1.68. The van der Waals surface area contributed by atoms with Crippen molar-refractivity contribution in [1.29, 1.82) is 0 Å². The van der Waals surface area contributed by atoms with E-state index in [1.807, 2.05) is 24.3 Å². The molecular formula is C13H16N6O2. The number of amides is 1. The van der Waals surface area contributed by atoms with Crippen LogP contribution in [0.2, 0.25) is 0 Å². The molecule has 8 nitrogen and oxygen atoms in total. The van der Waals surface area contributed by atoms with Gasteiger partial charge in [0.1, 0.15) is 0 Å². The molecule has 1 saturated heterocycles. The molecule has 1 aromatic heterocycles. The minimum atomic E-state index is -0.233. The summed E-state index contributed by atoms with van der Waals surface area (Å²) in [6, 6.07) is 7.09. The summed E-state index contributed by atoms with van der Waals surface area (Å²) >= 11 is 0. The van der Waals surface area contributed by atoms with Gasteiger partial charge in [-0.3, -0.25) is 4.79 Å². The van der Waals surface area contributed by atoms with Crippen LogP contribution in [0.15, 0.2) is 24.3 Å². The summed E-state index contributed by atoms with van der Waals surface area (Å²) in [4.78, 5) is 12.2. The van der Waals surface area contributed by atoms with Crippen molar-refractivity contribution in [3.63, 3.8) is 0 Å². The minimum absolute atomic E-state index is 0.0696. The molecule has 1 aromatic carbocycles. The van der Waals surface area contributed by atoms with Gasteiger partial charge in [0.05, 0.1) is 12.1 Å². The van der Waals surface area contributed by atoms with E-state index in [1.165, 1.54) is 0 Å². The van der Waals surface area contributed by atoms with Crippen molar-refractivity contribution in [3.8, 4) is 11.4 Å². The Morgan fingerprint density at radius 3 is 3.10 bits per heavy atom. The Kier molecular flexibility index (Phi) is 3.89. The lowest BCUT2D eigenvalue weighted by atomic mass is 10.1. The number of ether oxygens (including phenoxy) is 1. The van der Waals surface area contributed by atoms with Gasteiger partial charge in [-0.25, -0.2) is 0 Å². The SMILES string of the molecule is COC1CNC(C(=O)Nc2cccc(-c3nn[nH]n3)c2)C1. The second-order valence-corrected chi connectivity index (χ2v) is 4.86. The number of aromatic nitrogens is 4. The molecule has 110 valence electrons. The number of H-pyrrole nitrogens is 1. The van der Waals surface area contributed by atoms with Gasteiger partial charge >= 0.3 is 0 Å². The highest BCUT2D eigenvalue weighted by molar-refractivity contribution is 5.95. The van der Waals surface area contributed by atoms with Crippen LogP contribution in [-0.4, -0.2) is 52.3 Å². The molecule has 8 heteroatoms. The molecule has 0 aliphatic carbocycles. The van der Waals surface area contributed by atoms with E-state index in [-0.39, 0.29) is 18.1 Å². The third-order valence-electron chi connectivity index (χ3n) is 3.47. The van der Waals surface area contributed by atoms with Crippen LogP contribution >= 0.6 is 0 Å². The van der Waals surface area contributed by atoms with E-state index in [1.54, 1.807) is 7.11 Å². The smallest absolute Gasteiger partial charge is 0.241 e. The van der Waals surface area contributed by atoms with Gasteiger partial charge in [0, 0.05) is 24.9 Å². The zero-order valence-corrected chi connectivity index (χ0v) is 11.5. The van der Waals surface area contributed by atoms with Crippen LogP contribution in [0.1, 0.15) is 6.42 Å². The van der Waals surface area contributed by atoms with Gasteiger partial charge in [0.15, 0.2) is 0 Å². The zero-order valence-electron chi connectivity index (χ0n) is 11.5. The number of hydrogen-bond acceptors (Lipinski definition) is 6. The third kappa shape index (κ3) is 3.06. The Hall–Kier alpha value is -2.32. The first kappa shape index (κ1) is 13.7. The van der Waals surface area contributed by atoms with Crippen LogP contribution in [0.4, 0.5) is 5.69 Å². The molecule has 1 aliphatic heterocycles. The zero-order chi connectivity index (χ0) is 14.7. The number of tetrazole rings is 1. The first-order chi connectivity index (χ1) is 10.3. The summed E-state index contributed by atoms with van der Waals surface area (Å²) in [7, 11) is 1.65. The Morgan fingerprint density at radius 1 is 1.48 bits per heavy atom. The summed E-state index contributed by atoms with van der Waals surface area (Å²) in [6.45, 7) is 0.692. The Labute approximate surface area is 121 Å². The predicted octanol–water partition coefficient (Wildman–Crippen LogP) is 0.182. The number of carbonyl (C=O) groups excluding carboxylic acids is 1. The highest BCUT2D eigenvalue weighted by Gasteiger charge is 2.29. The van der Waals surface area contributed by atoms with Gasteiger partial charge in [-0.15, -0.1) is 10.2 Å². The average molecular weight is 288 g/mol. The second-order valence-electron chi connectivity index (χ2n) is 4.86. The molecule has 2 atom stereocenters. The highest BCUT2D eigenvalue weighted by Crippen LogP contribution is 2.19. The van der Waals surface area contributed by atoms with Gasteiger partial charge in [0.2, 0.25) is 11.7 Å². The van der Waals surface area contributed by atoms with Crippen LogP contribution < -0.4 is 10.6 Å². The quantitative estimate of drug-likeness (QED) is 0.741. The summed E-state index contributed by atoms with van der Waals surface area (Å²) in [6.07, 6.45) is 0.763. The standard InChI is InChI=1S/C13H16N6O2/c1-21-10-6-11(14-7-10)13(20)15-9-4-2-3-8(5-9)12-16-18-19-17-12/h2-5,10-11,14H,6-7H2,1H3,(H,15,20)(H,16,17,18,19). The van der Waals surface area contributed by atoms with E-state index in [0.717, 1.165) is 5.56 Å². The van der Waals surface area contributed by atoms with Crippen LogP contribution in [0.25, 0.3) is 11.4 Å². The second kappa shape index (κ2) is 5.98. The maximum atomic E-state index is 12.2. The first-order valence-corrected chi connectivity index (χ1v) is 6.67. The normalized spacial score (nSPS) is 21.4. The number of carbonyl (C=O) groups is 1. The Morgan fingerprint density at radius 2 is 2.38 bits per heavy atom. The number of methoxy groups -OCH3 is 1. The van der Waals surface area contributed by atoms with Crippen LogP contribution in [-0.2, 0) is 9.53 Å². The number of anilines is 1. The van der Waals surface area contributed by atoms with Crippen molar-refractivity contribution >= 4 is 11.6 Å². The number of rotatable bonds is 4. The van der Waals surface area contributed by atoms with Crippen molar-refractivity contribution in [2.24, 2.45) is 0 Å². The molecule has 0 radical (unpaired) electrons. The van der Waals surface area contributed by atoms with Crippen LogP contribution in [0.3, 0.4) is 0 Å². The van der Waals surface area contributed by atoms with Gasteiger partial charge in [-0.1, -0.05) is 12.1 Å². The fourth-order valence-corrected chi connectivity index (χ4v) is 2.33. The number of hydrogen-bond donors (Lipinski definition) is 3. The van der Waals surface area contributed by atoms with Crippen molar-refractivity contribution in [1.82, 2.24) is 25.9 Å². The minimum Gasteiger partial charge on any atom is -0.380 e. The topological polar surface area (TPSA) is 105 Å². The lowest BCUT2D eigenvalue weighted by Gasteiger charge is -2.11. The monoisotopic (exact) mass is 288 g/mol. The average Bonchev–Trinajstić information content (AvgIpc) is 3.19. The molecule has 1 aliphatic rings. The Bertz CT molecular complexity index is 615. The molecular weight excluding hydrogens is 272 g/mol. The van der Waals surface area contributed by atoms with Crippen molar-refractivity contribution < 1.29 is 9.53 Å². The summed E-state index contributed by atoms with van der Waals surface area (Å²) in [5.41, 5.74) is 1.49. The molecule has 0 bridgehead atoms. The molecule has 2 unspecified atom stereocenters. The lowest BCUT2D eigenvalue weighted by Crippen LogP contribution is -2.35. The van der Waals surface area contributed by atoms with E-state index in [2.05, 4.69) is 31.3 Å². The molecule has 3 rings (SSSR count). The van der Waals surface area contributed by atoms with Crippen molar-refractivity contribution in [2.75, 3.05) is 19.0 Å². The van der Waals surface area contributed by atoms with E-state index < -0.39 is 0 Å². The number of nitrogens with one attached hydrogen (secondary N) is 3. The summed E-state index contributed by atoms with van der Waals surface area (Å²) in [5.74, 6) is 0.421. The van der Waals surface area contributed by atoms with Crippen molar-refractivity contribution in [3.05, 3.63) is 24.3 Å². The molecule has 3 N–H and O–H groups in total.